The molecule has 22 nitrogen and oxygen atoms in total. The van der Waals surface area contributed by atoms with E-state index in [2.05, 4.69) is 11.8 Å². The summed E-state index contributed by atoms with van der Waals surface area (Å²) in [5.74, 6) is 9.64. The summed E-state index contributed by atoms with van der Waals surface area (Å²) in [6, 6.07) is 7.62. The fraction of sp³-hybridized carbons (Fsp3) is 0.704. The zero-order chi connectivity index (χ0) is 54.8. The van der Waals surface area contributed by atoms with Gasteiger partial charge in [-0.3, -0.25) is 0 Å². The van der Waals surface area contributed by atoms with Gasteiger partial charge in [-0.05, 0) is 47.4 Å². The van der Waals surface area contributed by atoms with Crippen molar-refractivity contribution in [2.75, 3.05) is 241 Å². The standard InChI is InChI=1S/C54H88O22/c1-57-49-40-45(41-50(58-2)53(49)61-5)38-47(8-7-11-63-14-17-66-20-23-69-26-29-72-30-27-70-24-21-67-18-15-64-12-9-55)48(39-46-42-51(59-3)54(62-6)52(43-46)60-4)44-76-37-36-75-35-34-74-33-32-73-31-28-71-25-22-68-19-16-65-13-10-56/h40-43,55-56H,9-39,44H2,1-6H3/b48-47-. The van der Waals surface area contributed by atoms with E-state index in [1.807, 2.05) is 24.3 Å². The van der Waals surface area contributed by atoms with Gasteiger partial charge >= 0.3 is 0 Å². The number of hydrogen-bond acceptors (Lipinski definition) is 22. The van der Waals surface area contributed by atoms with Gasteiger partial charge in [0.05, 0.1) is 234 Å². The molecular formula is C54H88O22. The van der Waals surface area contributed by atoms with Crippen LogP contribution in [0.5, 0.6) is 34.5 Å². The monoisotopic (exact) mass is 1090 g/mol. The van der Waals surface area contributed by atoms with Crippen LogP contribution >= 0.6 is 0 Å². The minimum absolute atomic E-state index is 0.000105. The van der Waals surface area contributed by atoms with Crippen molar-refractivity contribution in [1.82, 2.24) is 0 Å². The van der Waals surface area contributed by atoms with E-state index in [1.54, 1.807) is 42.7 Å². The van der Waals surface area contributed by atoms with Gasteiger partial charge in [-0.25, -0.2) is 0 Å². The van der Waals surface area contributed by atoms with Crippen LogP contribution in [-0.2, 0) is 79.2 Å². The average Bonchev–Trinajstić information content (AvgIpc) is 3.44. The number of aliphatic hydroxyl groups is 2. The average molecular weight is 1090 g/mol. The third-order valence-electron chi connectivity index (χ3n) is 10.3. The van der Waals surface area contributed by atoms with Crippen molar-refractivity contribution >= 4 is 0 Å². The van der Waals surface area contributed by atoms with Crippen molar-refractivity contribution in [1.29, 1.82) is 0 Å². The quantitative estimate of drug-likeness (QED) is 0.0717. The topological polar surface area (TPSA) is 225 Å². The lowest BCUT2D eigenvalue weighted by molar-refractivity contribution is -0.0209. The second-order valence-corrected chi connectivity index (χ2v) is 15.7. The van der Waals surface area contributed by atoms with Gasteiger partial charge in [0.25, 0.3) is 0 Å². The van der Waals surface area contributed by atoms with Gasteiger partial charge < -0.3 is 105 Å². The molecule has 76 heavy (non-hydrogen) atoms. The number of methoxy groups -OCH3 is 6. The van der Waals surface area contributed by atoms with E-state index in [0.29, 0.717) is 219 Å². The molecular weight excluding hydrogens is 1000 g/mol. The first kappa shape index (κ1) is 68.0. The van der Waals surface area contributed by atoms with Gasteiger partial charge in [-0.1, -0.05) is 11.8 Å². The highest BCUT2D eigenvalue weighted by atomic mass is 16.6. The first-order valence-corrected chi connectivity index (χ1v) is 25.6. The second kappa shape index (κ2) is 49.2. The van der Waals surface area contributed by atoms with E-state index in [9.17, 15) is 0 Å². The first-order valence-electron chi connectivity index (χ1n) is 25.6. The van der Waals surface area contributed by atoms with Gasteiger partial charge in [0.15, 0.2) is 23.0 Å². The number of aliphatic hydroxyl groups excluding tert-OH is 2. The van der Waals surface area contributed by atoms with E-state index >= 15 is 0 Å². The minimum atomic E-state index is -0.000105. The lowest BCUT2D eigenvalue weighted by Gasteiger charge is -2.18. The molecule has 0 unspecified atom stereocenters. The third kappa shape index (κ3) is 33.2. The molecule has 2 rings (SSSR count). The van der Waals surface area contributed by atoms with Gasteiger partial charge in [0, 0.05) is 12.0 Å². The van der Waals surface area contributed by atoms with E-state index in [-0.39, 0.29) is 26.4 Å². The molecule has 0 fully saturated rings. The number of ether oxygens (including phenoxy) is 20. The molecule has 0 atom stereocenters. The van der Waals surface area contributed by atoms with E-state index in [1.165, 1.54) is 0 Å². The molecule has 436 valence electrons. The van der Waals surface area contributed by atoms with Crippen LogP contribution in [0, 0.1) is 11.8 Å². The van der Waals surface area contributed by atoms with E-state index < -0.39 is 0 Å². The lowest BCUT2D eigenvalue weighted by Crippen LogP contribution is -2.15. The zero-order valence-electron chi connectivity index (χ0n) is 46.0. The molecule has 0 aliphatic heterocycles. The summed E-state index contributed by atoms with van der Waals surface area (Å²) in [6.07, 6.45) is 0.834. The van der Waals surface area contributed by atoms with Crippen molar-refractivity contribution in [2.45, 2.75) is 12.8 Å². The molecule has 0 amide bonds. The Kier molecular flexibility index (Phi) is 44.0. The van der Waals surface area contributed by atoms with Gasteiger partial charge in [-0.2, -0.15) is 0 Å². The van der Waals surface area contributed by atoms with E-state index in [4.69, 9.17) is 105 Å². The predicted molar refractivity (Wildman–Crippen MR) is 280 cm³/mol. The van der Waals surface area contributed by atoms with Crippen LogP contribution in [0.25, 0.3) is 0 Å². The van der Waals surface area contributed by atoms with Crippen LogP contribution in [0.1, 0.15) is 11.1 Å². The molecule has 0 bridgehead atoms. The Hall–Kier alpha value is -4.10. The fourth-order valence-corrected chi connectivity index (χ4v) is 6.66. The van der Waals surface area contributed by atoms with Crippen LogP contribution in [0.15, 0.2) is 35.4 Å². The molecule has 22 heteroatoms. The highest BCUT2D eigenvalue weighted by molar-refractivity contribution is 5.57. The smallest absolute Gasteiger partial charge is 0.203 e. The fourth-order valence-electron chi connectivity index (χ4n) is 6.66. The number of rotatable bonds is 53. The van der Waals surface area contributed by atoms with Crippen LogP contribution in [0.3, 0.4) is 0 Å². The normalized spacial score (nSPS) is 11.6. The molecule has 2 N–H and O–H groups in total. The molecule has 0 saturated heterocycles. The summed E-state index contributed by atoms with van der Waals surface area (Å²) in [6.45, 7) is 11.2. The molecule has 0 aromatic heterocycles. The summed E-state index contributed by atoms with van der Waals surface area (Å²) >= 11 is 0. The maximum absolute atomic E-state index is 8.70. The van der Waals surface area contributed by atoms with Crippen molar-refractivity contribution in [3.63, 3.8) is 0 Å². The highest BCUT2D eigenvalue weighted by Gasteiger charge is 2.18. The molecule has 0 aliphatic carbocycles. The van der Waals surface area contributed by atoms with Crippen LogP contribution in [-0.4, -0.2) is 251 Å². The van der Waals surface area contributed by atoms with Gasteiger partial charge in [0.1, 0.15) is 6.61 Å². The van der Waals surface area contributed by atoms with Gasteiger partial charge in [0.2, 0.25) is 11.5 Å². The summed E-state index contributed by atoms with van der Waals surface area (Å²) in [7, 11) is 9.45. The van der Waals surface area contributed by atoms with Gasteiger partial charge in [-0.15, -0.1) is 0 Å². The molecule has 0 aliphatic rings. The Bertz CT molecular complexity index is 1740. The summed E-state index contributed by atoms with van der Waals surface area (Å²) < 4.78 is 112. The Balaban J connectivity index is 1.96. The summed E-state index contributed by atoms with van der Waals surface area (Å²) in [5, 5.41) is 17.4. The van der Waals surface area contributed by atoms with Crippen molar-refractivity contribution in [3.8, 4) is 46.3 Å². The summed E-state index contributed by atoms with van der Waals surface area (Å²) in [5.41, 5.74) is 3.46. The number of hydrogen-bond donors (Lipinski definition) is 2. The molecule has 2 aromatic rings. The Morgan fingerprint density at radius 1 is 0.329 bits per heavy atom. The molecule has 0 saturated carbocycles. The van der Waals surface area contributed by atoms with Crippen LogP contribution < -0.4 is 28.4 Å². The van der Waals surface area contributed by atoms with E-state index in [0.717, 1.165) is 22.3 Å². The lowest BCUT2D eigenvalue weighted by atomic mass is 9.95. The summed E-state index contributed by atoms with van der Waals surface area (Å²) in [4.78, 5) is 0. The molecule has 2 aromatic carbocycles. The first-order chi connectivity index (χ1) is 37.5. The Morgan fingerprint density at radius 3 is 0.868 bits per heavy atom. The van der Waals surface area contributed by atoms with Crippen molar-refractivity contribution < 1.29 is 105 Å². The van der Waals surface area contributed by atoms with Crippen molar-refractivity contribution in [2.24, 2.45) is 0 Å². The predicted octanol–water partition coefficient (Wildman–Crippen LogP) is 3.04. The Labute approximate surface area is 450 Å². The maximum Gasteiger partial charge on any atom is 0.203 e. The zero-order valence-corrected chi connectivity index (χ0v) is 46.0. The van der Waals surface area contributed by atoms with Crippen molar-refractivity contribution in [3.05, 3.63) is 46.5 Å². The molecule has 0 spiro atoms. The molecule has 0 heterocycles. The molecule has 0 radical (unpaired) electrons. The van der Waals surface area contributed by atoms with Crippen LogP contribution in [0.2, 0.25) is 0 Å². The Morgan fingerprint density at radius 2 is 0.592 bits per heavy atom. The number of benzene rings is 2. The largest absolute Gasteiger partial charge is 0.493 e. The maximum atomic E-state index is 8.70. The SMILES string of the molecule is COc1cc(C/C(C#CCOCCOCCOCCOCCOCCOCCOCCO)=C(\COCCOCCOCCOCCOCCOCCOCCO)Cc2cc(OC)c(OC)c(OC)c2)cc(OC)c1OC. The highest BCUT2D eigenvalue weighted by Crippen LogP contribution is 2.40. The minimum Gasteiger partial charge on any atom is -0.493 e. The third-order valence-corrected chi connectivity index (χ3v) is 10.3. The number of allylic oxidation sites excluding steroid dienone is 1. The second-order valence-electron chi connectivity index (χ2n) is 15.7. The van der Waals surface area contributed by atoms with Crippen LogP contribution in [0.4, 0.5) is 0 Å².